The molecule has 0 aliphatic heterocycles. The number of carbonyl (C=O) groups excluding carboxylic acids is 2. The Morgan fingerprint density at radius 2 is 0.885 bits per heavy atom. The number of aliphatic hydroxyl groups excluding tert-OH is 5. The second-order valence-electron chi connectivity index (χ2n) is 17.0. The number of esters is 2. The second kappa shape index (κ2) is 37.7. The lowest BCUT2D eigenvalue weighted by molar-refractivity contribution is -0.220. The van der Waals surface area contributed by atoms with E-state index in [-0.39, 0.29) is 12.8 Å². The van der Waals surface area contributed by atoms with E-state index in [9.17, 15) is 44.6 Å². The number of allylic oxidation sites excluding steroid dienone is 4. The minimum Gasteiger partial charge on any atom is -0.462 e. The van der Waals surface area contributed by atoms with Crippen molar-refractivity contribution in [2.45, 2.75) is 249 Å². The van der Waals surface area contributed by atoms with E-state index in [1.54, 1.807) is 0 Å². The average molecular weight is 891 g/mol. The molecule has 1 aliphatic rings. The molecular weight excluding hydrogens is 803 g/mol. The van der Waals surface area contributed by atoms with E-state index in [4.69, 9.17) is 18.5 Å². The van der Waals surface area contributed by atoms with E-state index in [0.717, 1.165) is 57.8 Å². The van der Waals surface area contributed by atoms with Crippen LogP contribution in [0.3, 0.4) is 0 Å². The predicted molar refractivity (Wildman–Crippen MR) is 240 cm³/mol. The van der Waals surface area contributed by atoms with E-state index in [2.05, 4.69) is 38.2 Å². The number of ether oxygens (including phenoxy) is 2. The Balaban J connectivity index is 2.42. The van der Waals surface area contributed by atoms with Crippen LogP contribution in [0.25, 0.3) is 0 Å². The van der Waals surface area contributed by atoms with Gasteiger partial charge in [-0.2, -0.15) is 0 Å². The molecule has 8 atom stereocenters. The van der Waals surface area contributed by atoms with E-state index in [1.807, 2.05) is 0 Å². The third-order valence-corrected chi connectivity index (χ3v) is 12.3. The van der Waals surface area contributed by atoms with Gasteiger partial charge in [-0.1, -0.05) is 173 Å². The van der Waals surface area contributed by atoms with Crippen molar-refractivity contribution < 1.29 is 63.1 Å². The zero-order valence-electron chi connectivity index (χ0n) is 38.0. The van der Waals surface area contributed by atoms with Crippen molar-refractivity contribution in [1.29, 1.82) is 0 Å². The summed E-state index contributed by atoms with van der Waals surface area (Å²) >= 11 is 0. The van der Waals surface area contributed by atoms with E-state index in [0.29, 0.717) is 12.8 Å². The lowest BCUT2D eigenvalue weighted by atomic mass is 9.85. The van der Waals surface area contributed by atoms with Crippen molar-refractivity contribution in [3.05, 3.63) is 24.3 Å². The molecular formula is C47H87O13P. The van der Waals surface area contributed by atoms with Crippen molar-refractivity contribution in [3.8, 4) is 0 Å². The van der Waals surface area contributed by atoms with Gasteiger partial charge in [-0.25, -0.2) is 4.57 Å². The monoisotopic (exact) mass is 891 g/mol. The van der Waals surface area contributed by atoms with E-state index in [1.165, 1.54) is 109 Å². The minimum absolute atomic E-state index is 0.0947. The summed E-state index contributed by atoms with van der Waals surface area (Å²) in [7, 11) is -5.12. The number of rotatable bonds is 40. The maximum atomic E-state index is 12.8. The Labute approximate surface area is 368 Å². The molecule has 1 aliphatic carbocycles. The van der Waals surface area contributed by atoms with Crippen molar-refractivity contribution in [2.24, 2.45) is 0 Å². The molecule has 0 saturated heterocycles. The summed E-state index contributed by atoms with van der Waals surface area (Å²) < 4.78 is 33.6. The van der Waals surface area contributed by atoms with Gasteiger partial charge < -0.3 is 39.9 Å². The molecule has 1 saturated carbocycles. The van der Waals surface area contributed by atoms with Gasteiger partial charge >= 0.3 is 19.8 Å². The summed E-state index contributed by atoms with van der Waals surface area (Å²) in [5.74, 6) is -1.10. The number of phosphoric acid groups is 1. The van der Waals surface area contributed by atoms with E-state index >= 15 is 0 Å². The fourth-order valence-electron chi connectivity index (χ4n) is 7.38. The first-order valence-corrected chi connectivity index (χ1v) is 25.6. The fraction of sp³-hybridized carbons (Fsp3) is 0.872. The molecule has 1 fully saturated rings. The minimum atomic E-state index is -5.12. The number of phosphoric ester groups is 1. The lowest BCUT2D eigenvalue weighted by Gasteiger charge is -2.41. The van der Waals surface area contributed by atoms with Gasteiger partial charge in [0.05, 0.1) is 6.61 Å². The lowest BCUT2D eigenvalue weighted by Crippen LogP contribution is -2.64. The average Bonchev–Trinajstić information content (AvgIpc) is 3.24. The summed E-state index contributed by atoms with van der Waals surface area (Å²) in [6.07, 6.45) is 28.0. The summed E-state index contributed by atoms with van der Waals surface area (Å²) in [6, 6.07) is 0. The molecule has 358 valence electrons. The highest BCUT2D eigenvalue weighted by Gasteiger charge is 2.51. The highest BCUT2D eigenvalue weighted by Crippen LogP contribution is 2.47. The van der Waals surface area contributed by atoms with Crippen LogP contribution in [-0.2, 0) is 32.7 Å². The molecule has 0 amide bonds. The SMILES string of the molecule is CCCCC/C=C\C/C=C\CCCCCCCCCCCC(=O)O[C@H](COC(=O)CCCCCCCCCCCCCCC)COP(=O)(O)OC1[C@@H](O)[C@H](O)C(O)[C@H](O)[C@@H]1O. The largest absolute Gasteiger partial charge is 0.472 e. The molecule has 13 nitrogen and oxygen atoms in total. The van der Waals surface area contributed by atoms with Crippen molar-refractivity contribution >= 4 is 19.8 Å². The molecule has 14 heteroatoms. The third kappa shape index (κ3) is 30.2. The first kappa shape index (κ1) is 57.3. The number of unbranched alkanes of at least 4 members (excludes halogenated alkanes) is 24. The number of carbonyl (C=O) groups is 2. The van der Waals surface area contributed by atoms with Crippen LogP contribution in [0.4, 0.5) is 0 Å². The molecule has 0 bridgehead atoms. The smallest absolute Gasteiger partial charge is 0.462 e. The van der Waals surface area contributed by atoms with Gasteiger partial charge in [-0.3, -0.25) is 18.6 Å². The Morgan fingerprint density at radius 3 is 1.36 bits per heavy atom. The molecule has 1 rings (SSSR count). The van der Waals surface area contributed by atoms with Gasteiger partial charge in [-0.05, 0) is 44.9 Å². The molecule has 0 spiro atoms. The van der Waals surface area contributed by atoms with Gasteiger partial charge in [-0.15, -0.1) is 0 Å². The first-order chi connectivity index (χ1) is 29.4. The van der Waals surface area contributed by atoms with E-state index < -0.39 is 75.7 Å². The molecule has 6 N–H and O–H groups in total. The van der Waals surface area contributed by atoms with Gasteiger partial charge in [0.2, 0.25) is 0 Å². The van der Waals surface area contributed by atoms with Gasteiger partial charge in [0.25, 0.3) is 0 Å². The molecule has 0 aromatic carbocycles. The van der Waals surface area contributed by atoms with Crippen LogP contribution >= 0.6 is 7.82 Å². The zero-order valence-corrected chi connectivity index (χ0v) is 38.9. The molecule has 3 unspecified atom stereocenters. The second-order valence-corrected chi connectivity index (χ2v) is 18.4. The summed E-state index contributed by atoms with van der Waals surface area (Å²) in [6.45, 7) is 3.28. The normalized spacial score (nSPS) is 22.2. The van der Waals surface area contributed by atoms with Crippen LogP contribution in [0.15, 0.2) is 24.3 Å². The standard InChI is InChI=1S/C47H87O13P/c1-3-5-7-9-11-13-15-17-18-19-20-21-22-24-26-28-30-32-34-36-41(49)59-39(38-58-61(55,56)60-47-45(53)43(51)42(50)44(52)46(47)54)37-57-40(48)35-33-31-29-27-25-23-16-14-12-10-8-6-4-2/h11,13,17-18,39,42-47,50-54H,3-10,12,14-16,19-38H2,1-2H3,(H,55,56)/b13-11-,18-17-/t39-,42?,43-,44+,45+,46+,47?/m1/s1. The highest BCUT2D eigenvalue weighted by atomic mass is 31.2. The topological polar surface area (TPSA) is 210 Å². The summed E-state index contributed by atoms with van der Waals surface area (Å²) in [5.41, 5.74) is 0. The summed E-state index contributed by atoms with van der Waals surface area (Å²) in [5, 5.41) is 50.2. The van der Waals surface area contributed by atoms with Crippen LogP contribution in [-0.4, -0.2) is 98.3 Å². The quantitative estimate of drug-likeness (QED) is 0.0147. The summed E-state index contributed by atoms with van der Waals surface area (Å²) in [4.78, 5) is 35.7. The Bertz CT molecular complexity index is 1170. The highest BCUT2D eigenvalue weighted by molar-refractivity contribution is 7.47. The van der Waals surface area contributed by atoms with Gasteiger partial charge in [0.15, 0.2) is 6.10 Å². The maximum Gasteiger partial charge on any atom is 0.472 e. The number of hydrogen-bond acceptors (Lipinski definition) is 12. The predicted octanol–water partition coefficient (Wildman–Crippen LogP) is 9.62. The number of hydrogen-bond donors (Lipinski definition) is 6. The Hall–Kier alpha value is -1.67. The van der Waals surface area contributed by atoms with Crippen LogP contribution < -0.4 is 0 Å². The molecule has 0 aromatic rings. The maximum absolute atomic E-state index is 12.8. The third-order valence-electron chi connectivity index (χ3n) is 11.3. The van der Waals surface area contributed by atoms with Crippen LogP contribution in [0, 0.1) is 0 Å². The first-order valence-electron chi connectivity index (χ1n) is 24.1. The van der Waals surface area contributed by atoms with Crippen molar-refractivity contribution in [3.63, 3.8) is 0 Å². The number of aliphatic hydroxyl groups is 5. The van der Waals surface area contributed by atoms with Crippen LogP contribution in [0.2, 0.25) is 0 Å². The molecule has 61 heavy (non-hydrogen) atoms. The van der Waals surface area contributed by atoms with Gasteiger partial charge in [0.1, 0.15) is 43.2 Å². The fourth-order valence-corrected chi connectivity index (χ4v) is 8.35. The van der Waals surface area contributed by atoms with Crippen molar-refractivity contribution in [2.75, 3.05) is 13.2 Å². The van der Waals surface area contributed by atoms with Gasteiger partial charge in [0, 0.05) is 12.8 Å². The van der Waals surface area contributed by atoms with Crippen molar-refractivity contribution in [1.82, 2.24) is 0 Å². The molecule has 0 heterocycles. The molecule has 0 radical (unpaired) electrons. The molecule has 0 aromatic heterocycles. The Kier molecular flexibility index (Phi) is 35.4. The zero-order chi connectivity index (χ0) is 45.0. The van der Waals surface area contributed by atoms with Crippen LogP contribution in [0.5, 0.6) is 0 Å². The Morgan fingerprint density at radius 1 is 0.508 bits per heavy atom. The van der Waals surface area contributed by atoms with Crippen LogP contribution in [0.1, 0.15) is 206 Å².